The Balaban J connectivity index is 1.77. The summed E-state index contributed by atoms with van der Waals surface area (Å²) in [6.45, 7) is 0.776. The van der Waals surface area contributed by atoms with E-state index in [-0.39, 0.29) is 12.5 Å². The van der Waals surface area contributed by atoms with Crippen LogP contribution >= 0.6 is 15.9 Å². The van der Waals surface area contributed by atoms with Crippen LogP contribution in [0.2, 0.25) is 0 Å². The van der Waals surface area contributed by atoms with E-state index in [0.29, 0.717) is 6.54 Å². The Morgan fingerprint density at radius 2 is 2.06 bits per heavy atom. The van der Waals surface area contributed by atoms with Gasteiger partial charge in [-0.05, 0) is 40.2 Å². The number of furan rings is 1. The van der Waals surface area contributed by atoms with Crippen molar-refractivity contribution in [1.29, 1.82) is 0 Å². The number of benzene rings is 1. The molecule has 0 aliphatic carbocycles. The number of nitrogens with one attached hydrogen (secondary N) is 2. The topological polar surface area (TPSA) is 54.3 Å². The second-order valence-electron chi connectivity index (χ2n) is 3.71. The number of para-hydroxylation sites is 1. The van der Waals surface area contributed by atoms with E-state index < -0.39 is 0 Å². The van der Waals surface area contributed by atoms with Crippen LogP contribution in [0.5, 0.6) is 0 Å². The van der Waals surface area contributed by atoms with Gasteiger partial charge in [0.2, 0.25) is 5.91 Å². The molecule has 2 N–H and O–H groups in total. The lowest BCUT2D eigenvalue weighted by molar-refractivity contribution is -0.115. The number of carbonyl (C=O) groups is 1. The third-order valence-corrected chi connectivity index (χ3v) is 3.00. The lowest BCUT2D eigenvalue weighted by Crippen LogP contribution is -2.27. The average Bonchev–Trinajstić information content (AvgIpc) is 2.85. The zero-order valence-electron chi connectivity index (χ0n) is 9.65. The Bertz CT molecular complexity index is 511. The van der Waals surface area contributed by atoms with Gasteiger partial charge in [0, 0.05) is 4.47 Å². The van der Waals surface area contributed by atoms with Gasteiger partial charge in [-0.3, -0.25) is 4.79 Å². The lowest BCUT2D eigenvalue weighted by atomic mass is 10.3. The summed E-state index contributed by atoms with van der Waals surface area (Å²) in [7, 11) is 0. The fourth-order valence-corrected chi connectivity index (χ4v) is 1.85. The van der Waals surface area contributed by atoms with E-state index in [1.165, 1.54) is 0 Å². The smallest absolute Gasteiger partial charge is 0.238 e. The Morgan fingerprint density at radius 1 is 1.22 bits per heavy atom. The first kappa shape index (κ1) is 12.9. The van der Waals surface area contributed by atoms with Crippen LogP contribution < -0.4 is 10.6 Å². The molecule has 0 saturated heterocycles. The highest BCUT2D eigenvalue weighted by Crippen LogP contribution is 2.20. The van der Waals surface area contributed by atoms with E-state index in [9.17, 15) is 4.79 Å². The molecule has 1 amide bonds. The van der Waals surface area contributed by atoms with Crippen molar-refractivity contribution >= 4 is 27.5 Å². The summed E-state index contributed by atoms with van der Waals surface area (Å²) >= 11 is 3.37. The van der Waals surface area contributed by atoms with Crippen molar-refractivity contribution in [3.63, 3.8) is 0 Å². The van der Waals surface area contributed by atoms with Gasteiger partial charge in [-0.1, -0.05) is 12.1 Å². The number of hydrogen-bond acceptors (Lipinski definition) is 3. The first-order valence-electron chi connectivity index (χ1n) is 5.53. The Hall–Kier alpha value is -1.59. The minimum Gasteiger partial charge on any atom is -0.468 e. The minimum atomic E-state index is -0.0894. The van der Waals surface area contributed by atoms with E-state index in [0.717, 1.165) is 15.9 Å². The number of hydrogen-bond donors (Lipinski definition) is 2. The third-order valence-electron chi connectivity index (χ3n) is 2.31. The molecule has 2 aromatic rings. The summed E-state index contributed by atoms with van der Waals surface area (Å²) in [6, 6.07) is 11.2. The Morgan fingerprint density at radius 3 is 2.78 bits per heavy atom. The van der Waals surface area contributed by atoms with Crippen molar-refractivity contribution in [1.82, 2.24) is 5.32 Å². The summed E-state index contributed by atoms with van der Waals surface area (Å²) < 4.78 is 6.02. The van der Waals surface area contributed by atoms with Crippen LogP contribution in [0.4, 0.5) is 5.69 Å². The molecule has 0 radical (unpaired) electrons. The molecule has 0 atom stereocenters. The number of amides is 1. The van der Waals surface area contributed by atoms with Crippen LogP contribution in [0, 0.1) is 0 Å². The lowest BCUT2D eigenvalue weighted by Gasteiger charge is -2.07. The number of halogens is 1. The number of carbonyl (C=O) groups excluding carboxylic acids is 1. The van der Waals surface area contributed by atoms with E-state index in [1.54, 1.807) is 6.26 Å². The fraction of sp³-hybridized carbons (Fsp3) is 0.154. The van der Waals surface area contributed by atoms with E-state index in [4.69, 9.17) is 4.42 Å². The van der Waals surface area contributed by atoms with Crippen LogP contribution in [0.1, 0.15) is 5.76 Å². The SMILES string of the molecule is O=C(CNCc1ccco1)Nc1ccccc1Br. The Labute approximate surface area is 114 Å². The molecule has 1 aromatic heterocycles. The maximum Gasteiger partial charge on any atom is 0.238 e. The number of rotatable bonds is 5. The molecular weight excluding hydrogens is 296 g/mol. The molecule has 0 bridgehead atoms. The highest BCUT2D eigenvalue weighted by atomic mass is 79.9. The van der Waals surface area contributed by atoms with Crippen molar-refractivity contribution in [2.24, 2.45) is 0 Å². The summed E-state index contributed by atoms with van der Waals surface area (Å²) in [5, 5.41) is 5.82. The van der Waals surface area contributed by atoms with Crippen molar-refractivity contribution in [3.8, 4) is 0 Å². The van der Waals surface area contributed by atoms with Crippen LogP contribution in [0.25, 0.3) is 0 Å². The van der Waals surface area contributed by atoms with E-state index in [1.807, 2.05) is 36.4 Å². The average molecular weight is 309 g/mol. The maximum absolute atomic E-state index is 11.7. The summed E-state index contributed by atoms with van der Waals surface area (Å²) in [6.07, 6.45) is 1.61. The van der Waals surface area contributed by atoms with Crippen molar-refractivity contribution in [3.05, 3.63) is 52.9 Å². The van der Waals surface area contributed by atoms with Crippen molar-refractivity contribution in [2.75, 3.05) is 11.9 Å². The molecule has 0 unspecified atom stereocenters. The zero-order chi connectivity index (χ0) is 12.8. The highest BCUT2D eigenvalue weighted by Gasteiger charge is 2.04. The summed E-state index contributed by atoms with van der Waals surface area (Å²) in [4.78, 5) is 11.7. The van der Waals surface area contributed by atoms with Crippen LogP contribution in [0.15, 0.2) is 51.6 Å². The standard InChI is InChI=1S/C13H13BrN2O2/c14-11-5-1-2-6-12(11)16-13(17)9-15-8-10-4-3-7-18-10/h1-7,15H,8-9H2,(H,16,17). The van der Waals surface area contributed by atoms with Crippen LogP contribution in [-0.2, 0) is 11.3 Å². The van der Waals surface area contributed by atoms with Gasteiger partial charge in [0.05, 0.1) is 25.0 Å². The van der Waals surface area contributed by atoms with Gasteiger partial charge < -0.3 is 15.1 Å². The molecule has 0 aliphatic rings. The quantitative estimate of drug-likeness (QED) is 0.893. The van der Waals surface area contributed by atoms with Gasteiger partial charge in [-0.25, -0.2) is 0 Å². The largest absolute Gasteiger partial charge is 0.468 e. The maximum atomic E-state index is 11.7. The molecule has 94 valence electrons. The molecule has 4 nitrogen and oxygen atoms in total. The van der Waals surface area contributed by atoms with Gasteiger partial charge in [0.15, 0.2) is 0 Å². The monoisotopic (exact) mass is 308 g/mol. The molecule has 0 fully saturated rings. The molecule has 1 aromatic carbocycles. The first-order valence-corrected chi connectivity index (χ1v) is 6.32. The van der Waals surface area contributed by atoms with Gasteiger partial charge in [-0.2, -0.15) is 0 Å². The summed E-state index contributed by atoms with van der Waals surface area (Å²) in [5.74, 6) is 0.720. The summed E-state index contributed by atoms with van der Waals surface area (Å²) in [5.41, 5.74) is 0.766. The molecule has 2 rings (SSSR count). The predicted octanol–water partition coefficient (Wildman–Crippen LogP) is 2.77. The van der Waals surface area contributed by atoms with Gasteiger partial charge in [0.1, 0.15) is 5.76 Å². The molecule has 0 spiro atoms. The first-order chi connectivity index (χ1) is 8.75. The molecular formula is C13H13BrN2O2. The van der Waals surface area contributed by atoms with Gasteiger partial charge >= 0.3 is 0 Å². The van der Waals surface area contributed by atoms with Crippen molar-refractivity contribution in [2.45, 2.75) is 6.54 Å². The van der Waals surface area contributed by atoms with Gasteiger partial charge in [0.25, 0.3) is 0 Å². The highest BCUT2D eigenvalue weighted by molar-refractivity contribution is 9.10. The molecule has 1 heterocycles. The molecule has 18 heavy (non-hydrogen) atoms. The van der Waals surface area contributed by atoms with Crippen LogP contribution in [0.3, 0.4) is 0 Å². The zero-order valence-corrected chi connectivity index (χ0v) is 11.2. The van der Waals surface area contributed by atoms with E-state index in [2.05, 4.69) is 26.6 Å². The van der Waals surface area contributed by atoms with Gasteiger partial charge in [-0.15, -0.1) is 0 Å². The fourth-order valence-electron chi connectivity index (χ4n) is 1.47. The molecule has 5 heteroatoms. The molecule has 0 aliphatic heterocycles. The normalized spacial score (nSPS) is 10.3. The third kappa shape index (κ3) is 3.72. The second kappa shape index (κ2) is 6.37. The second-order valence-corrected chi connectivity index (χ2v) is 4.57. The molecule has 0 saturated carbocycles. The number of anilines is 1. The Kier molecular flexibility index (Phi) is 4.55. The minimum absolute atomic E-state index is 0.0894. The van der Waals surface area contributed by atoms with Crippen LogP contribution in [-0.4, -0.2) is 12.5 Å². The van der Waals surface area contributed by atoms with Crippen molar-refractivity contribution < 1.29 is 9.21 Å². The van der Waals surface area contributed by atoms with E-state index >= 15 is 0 Å². The predicted molar refractivity (Wildman–Crippen MR) is 73.2 cm³/mol.